The highest BCUT2D eigenvalue weighted by Gasteiger charge is 2.16. The first-order chi connectivity index (χ1) is 9.33. The number of aromatic nitrogens is 3. The Hall–Kier alpha value is -1.68. The fraction of sp³-hybridized carbons (Fsp3) is 0.467. The van der Waals surface area contributed by atoms with Crippen molar-refractivity contribution < 1.29 is 0 Å². The standard InChI is InChI=1S/C15H20N4/c1-11-15(12-5-4-7-16-10-12)19-14(18-11)9-13-6-2-3-8-17-13/h4-5,7,10,13,17H,2-3,6,8-9H2,1H3,(H,18,19). The Bertz CT molecular complexity index is 526. The monoisotopic (exact) mass is 256 g/mol. The molecule has 1 aliphatic rings. The molecule has 0 aliphatic carbocycles. The topological polar surface area (TPSA) is 53.6 Å². The Morgan fingerprint density at radius 3 is 3.05 bits per heavy atom. The summed E-state index contributed by atoms with van der Waals surface area (Å²) < 4.78 is 0. The second-order valence-corrected chi connectivity index (χ2v) is 5.25. The zero-order valence-electron chi connectivity index (χ0n) is 11.3. The van der Waals surface area contributed by atoms with Gasteiger partial charge in [0.25, 0.3) is 0 Å². The van der Waals surface area contributed by atoms with Crippen molar-refractivity contribution in [3.63, 3.8) is 0 Å². The lowest BCUT2D eigenvalue weighted by Crippen LogP contribution is -2.35. The van der Waals surface area contributed by atoms with E-state index in [1.165, 1.54) is 19.3 Å². The molecule has 0 bridgehead atoms. The average Bonchev–Trinajstić information content (AvgIpc) is 2.82. The molecule has 4 nitrogen and oxygen atoms in total. The molecule has 0 radical (unpaired) electrons. The number of imidazole rings is 1. The molecule has 2 N–H and O–H groups in total. The second kappa shape index (κ2) is 5.53. The first-order valence-corrected chi connectivity index (χ1v) is 7.02. The fourth-order valence-electron chi connectivity index (χ4n) is 2.73. The van der Waals surface area contributed by atoms with Gasteiger partial charge in [-0.05, 0) is 38.4 Å². The van der Waals surface area contributed by atoms with Crippen LogP contribution in [0.5, 0.6) is 0 Å². The van der Waals surface area contributed by atoms with Crippen molar-refractivity contribution in [2.24, 2.45) is 0 Å². The lowest BCUT2D eigenvalue weighted by atomic mass is 10.0. The van der Waals surface area contributed by atoms with Crippen LogP contribution < -0.4 is 5.32 Å². The molecule has 1 saturated heterocycles. The quantitative estimate of drug-likeness (QED) is 0.887. The van der Waals surface area contributed by atoms with Crippen LogP contribution in [0.3, 0.4) is 0 Å². The van der Waals surface area contributed by atoms with Gasteiger partial charge in [0.15, 0.2) is 0 Å². The highest BCUT2D eigenvalue weighted by molar-refractivity contribution is 5.60. The van der Waals surface area contributed by atoms with Crippen LogP contribution in [0, 0.1) is 6.92 Å². The van der Waals surface area contributed by atoms with E-state index in [2.05, 4.69) is 28.3 Å². The largest absolute Gasteiger partial charge is 0.346 e. The molecule has 1 atom stereocenters. The van der Waals surface area contributed by atoms with Gasteiger partial charge >= 0.3 is 0 Å². The van der Waals surface area contributed by atoms with Crippen LogP contribution in [0.2, 0.25) is 0 Å². The Morgan fingerprint density at radius 2 is 2.32 bits per heavy atom. The smallest absolute Gasteiger partial charge is 0.108 e. The lowest BCUT2D eigenvalue weighted by Gasteiger charge is -2.22. The summed E-state index contributed by atoms with van der Waals surface area (Å²) in [6.45, 7) is 3.22. The molecule has 100 valence electrons. The van der Waals surface area contributed by atoms with Crippen molar-refractivity contribution in [1.82, 2.24) is 20.3 Å². The molecule has 1 unspecified atom stereocenters. The van der Waals surface area contributed by atoms with Crippen molar-refractivity contribution >= 4 is 0 Å². The minimum atomic E-state index is 0.570. The third-order valence-corrected chi connectivity index (χ3v) is 3.72. The molecule has 3 heterocycles. The molecular weight excluding hydrogens is 236 g/mol. The number of nitrogens with zero attached hydrogens (tertiary/aromatic N) is 2. The molecule has 3 rings (SSSR count). The molecule has 1 aliphatic heterocycles. The maximum absolute atomic E-state index is 4.74. The van der Waals surface area contributed by atoms with E-state index in [1.807, 2.05) is 12.3 Å². The van der Waals surface area contributed by atoms with Crippen LogP contribution in [-0.4, -0.2) is 27.5 Å². The van der Waals surface area contributed by atoms with Gasteiger partial charge in [0.1, 0.15) is 5.82 Å². The van der Waals surface area contributed by atoms with Gasteiger partial charge in [-0.15, -0.1) is 0 Å². The van der Waals surface area contributed by atoms with Gasteiger partial charge in [-0.25, -0.2) is 4.98 Å². The van der Waals surface area contributed by atoms with E-state index in [4.69, 9.17) is 4.98 Å². The Labute approximate surface area is 113 Å². The van der Waals surface area contributed by atoms with E-state index >= 15 is 0 Å². The number of aryl methyl sites for hydroxylation is 1. The zero-order valence-corrected chi connectivity index (χ0v) is 11.3. The molecule has 0 aromatic carbocycles. The van der Waals surface area contributed by atoms with E-state index in [0.717, 1.165) is 35.7 Å². The summed E-state index contributed by atoms with van der Waals surface area (Å²) in [4.78, 5) is 12.3. The van der Waals surface area contributed by atoms with Crippen molar-refractivity contribution in [2.75, 3.05) is 6.54 Å². The number of aromatic amines is 1. The summed E-state index contributed by atoms with van der Waals surface area (Å²) >= 11 is 0. The summed E-state index contributed by atoms with van der Waals surface area (Å²) in [6, 6.07) is 4.58. The maximum atomic E-state index is 4.74. The summed E-state index contributed by atoms with van der Waals surface area (Å²) in [6.07, 6.45) is 8.52. The summed E-state index contributed by atoms with van der Waals surface area (Å²) in [7, 11) is 0. The molecule has 0 spiro atoms. The van der Waals surface area contributed by atoms with E-state index in [9.17, 15) is 0 Å². The van der Waals surface area contributed by atoms with E-state index in [0.29, 0.717) is 6.04 Å². The summed E-state index contributed by atoms with van der Waals surface area (Å²) in [5.74, 6) is 1.08. The SMILES string of the molecule is Cc1[nH]c(CC2CCCCN2)nc1-c1cccnc1. The molecule has 2 aromatic heterocycles. The van der Waals surface area contributed by atoms with Gasteiger partial charge in [-0.2, -0.15) is 0 Å². The number of hydrogen-bond donors (Lipinski definition) is 2. The van der Waals surface area contributed by atoms with Crippen LogP contribution in [0.4, 0.5) is 0 Å². The Kier molecular flexibility index (Phi) is 3.60. The zero-order chi connectivity index (χ0) is 13.1. The van der Waals surface area contributed by atoms with Crippen molar-refractivity contribution in [2.45, 2.75) is 38.6 Å². The van der Waals surface area contributed by atoms with E-state index in [1.54, 1.807) is 6.20 Å². The van der Waals surface area contributed by atoms with Crippen LogP contribution in [-0.2, 0) is 6.42 Å². The first-order valence-electron chi connectivity index (χ1n) is 7.02. The van der Waals surface area contributed by atoms with Crippen molar-refractivity contribution in [3.8, 4) is 11.3 Å². The van der Waals surface area contributed by atoms with Crippen LogP contribution >= 0.6 is 0 Å². The first kappa shape index (κ1) is 12.4. The Morgan fingerprint density at radius 1 is 1.37 bits per heavy atom. The van der Waals surface area contributed by atoms with Gasteiger partial charge in [-0.3, -0.25) is 4.98 Å². The number of nitrogens with one attached hydrogen (secondary N) is 2. The lowest BCUT2D eigenvalue weighted by molar-refractivity contribution is 0.395. The van der Waals surface area contributed by atoms with Gasteiger partial charge in [0.05, 0.1) is 5.69 Å². The van der Waals surface area contributed by atoms with Crippen molar-refractivity contribution in [1.29, 1.82) is 0 Å². The van der Waals surface area contributed by atoms with Gasteiger partial charge < -0.3 is 10.3 Å². The van der Waals surface area contributed by atoms with Crippen LogP contribution in [0.15, 0.2) is 24.5 Å². The number of piperidine rings is 1. The maximum Gasteiger partial charge on any atom is 0.108 e. The minimum Gasteiger partial charge on any atom is -0.346 e. The molecule has 19 heavy (non-hydrogen) atoms. The summed E-state index contributed by atoms with van der Waals surface area (Å²) in [5.41, 5.74) is 3.23. The third-order valence-electron chi connectivity index (χ3n) is 3.72. The molecule has 4 heteroatoms. The third kappa shape index (κ3) is 2.84. The highest BCUT2D eigenvalue weighted by atomic mass is 15.0. The van der Waals surface area contributed by atoms with Gasteiger partial charge in [0.2, 0.25) is 0 Å². The van der Waals surface area contributed by atoms with Crippen molar-refractivity contribution in [3.05, 3.63) is 36.0 Å². The second-order valence-electron chi connectivity index (χ2n) is 5.25. The normalized spacial score (nSPS) is 19.5. The predicted molar refractivity (Wildman–Crippen MR) is 75.9 cm³/mol. The number of hydrogen-bond acceptors (Lipinski definition) is 3. The number of rotatable bonds is 3. The number of pyridine rings is 1. The summed E-state index contributed by atoms with van der Waals surface area (Å²) in [5, 5.41) is 3.56. The molecule has 1 fully saturated rings. The van der Waals surface area contributed by atoms with Gasteiger partial charge in [0, 0.05) is 36.1 Å². The highest BCUT2D eigenvalue weighted by Crippen LogP contribution is 2.21. The minimum absolute atomic E-state index is 0.570. The average molecular weight is 256 g/mol. The molecule has 2 aromatic rings. The van der Waals surface area contributed by atoms with Crippen LogP contribution in [0.25, 0.3) is 11.3 Å². The van der Waals surface area contributed by atoms with Gasteiger partial charge in [-0.1, -0.05) is 6.42 Å². The van der Waals surface area contributed by atoms with Crippen LogP contribution in [0.1, 0.15) is 30.8 Å². The predicted octanol–water partition coefficient (Wildman–Crippen LogP) is 2.46. The molecule has 0 saturated carbocycles. The molecule has 0 amide bonds. The Balaban J connectivity index is 1.77. The number of H-pyrrole nitrogens is 1. The van der Waals surface area contributed by atoms with E-state index in [-0.39, 0.29) is 0 Å². The molecular formula is C15H20N4. The van der Waals surface area contributed by atoms with E-state index < -0.39 is 0 Å². The fourth-order valence-corrected chi connectivity index (χ4v) is 2.73.